The topological polar surface area (TPSA) is 55.4 Å². The number of hydrogen-bond donors (Lipinski definition) is 1. The molecule has 5 heteroatoms. The minimum atomic E-state index is -0.629. The molecule has 1 unspecified atom stereocenters. The highest BCUT2D eigenvalue weighted by Crippen LogP contribution is 1.88. The molecule has 0 rings (SSSR count). The molecule has 11 heavy (non-hydrogen) atoms. The fourth-order valence-corrected chi connectivity index (χ4v) is 0.663. The Morgan fingerprint density at radius 1 is 1.64 bits per heavy atom. The number of Topliss-reactive ketones (excluding diaryl/α,β-unsaturated/α-hetero) is 1. The van der Waals surface area contributed by atoms with Crippen LogP contribution in [-0.4, -0.2) is 30.9 Å². The predicted octanol–water partition coefficient (Wildman–Crippen LogP) is 0.539. The highest BCUT2D eigenvalue weighted by atomic mass is 35.5. The first-order chi connectivity index (χ1) is 5.11. The first-order valence-corrected chi connectivity index (χ1v) is 3.58. The smallest absolute Gasteiger partial charge is 0.407 e. The highest BCUT2D eigenvalue weighted by Gasteiger charge is 2.13. The number of rotatable bonds is 3. The number of amides is 1. The van der Waals surface area contributed by atoms with E-state index in [0.29, 0.717) is 0 Å². The van der Waals surface area contributed by atoms with E-state index in [4.69, 9.17) is 11.6 Å². The number of ether oxygens (including phenoxy) is 1. The third kappa shape index (κ3) is 3.83. The number of hydrogen-bond acceptors (Lipinski definition) is 3. The molecule has 0 aliphatic heterocycles. The fourth-order valence-electron chi connectivity index (χ4n) is 0.432. The summed E-state index contributed by atoms with van der Waals surface area (Å²) in [5.41, 5.74) is 0. The van der Waals surface area contributed by atoms with Gasteiger partial charge in [0.15, 0.2) is 5.78 Å². The molecule has 0 aromatic heterocycles. The second-order valence-electron chi connectivity index (χ2n) is 1.96. The standard InChI is InChI=1S/C6H10ClNO3/c1-4(5(9)3-7)8-6(10)11-2/h4H,3H2,1-2H3,(H,8,10). The van der Waals surface area contributed by atoms with Crippen molar-refractivity contribution in [3.05, 3.63) is 0 Å². The summed E-state index contributed by atoms with van der Waals surface area (Å²) < 4.78 is 4.27. The number of methoxy groups -OCH3 is 1. The highest BCUT2D eigenvalue weighted by molar-refractivity contribution is 6.28. The first kappa shape index (κ1) is 10.2. The maximum absolute atomic E-state index is 10.8. The quantitative estimate of drug-likeness (QED) is 0.644. The number of ketones is 1. The maximum atomic E-state index is 10.8. The Balaban J connectivity index is 3.77. The van der Waals surface area contributed by atoms with Crippen LogP contribution in [0.1, 0.15) is 6.92 Å². The number of nitrogens with one attached hydrogen (secondary N) is 1. The largest absolute Gasteiger partial charge is 0.453 e. The molecule has 0 radical (unpaired) electrons. The van der Waals surface area contributed by atoms with E-state index >= 15 is 0 Å². The van der Waals surface area contributed by atoms with Gasteiger partial charge in [-0.15, -0.1) is 11.6 Å². The molecule has 0 saturated heterocycles. The van der Waals surface area contributed by atoms with Crippen LogP contribution in [0, 0.1) is 0 Å². The van der Waals surface area contributed by atoms with E-state index in [9.17, 15) is 9.59 Å². The summed E-state index contributed by atoms with van der Waals surface area (Å²) in [7, 11) is 1.23. The van der Waals surface area contributed by atoms with Crippen molar-refractivity contribution in [2.75, 3.05) is 13.0 Å². The van der Waals surface area contributed by atoms with Crippen LogP contribution in [0.4, 0.5) is 4.79 Å². The zero-order chi connectivity index (χ0) is 8.85. The Morgan fingerprint density at radius 3 is 2.55 bits per heavy atom. The minimum Gasteiger partial charge on any atom is -0.453 e. The molecule has 0 saturated carbocycles. The summed E-state index contributed by atoms with van der Waals surface area (Å²) in [6, 6.07) is -0.583. The number of carbonyl (C=O) groups is 2. The Morgan fingerprint density at radius 2 is 2.18 bits per heavy atom. The average molecular weight is 180 g/mol. The summed E-state index contributed by atoms with van der Waals surface area (Å²) in [6.07, 6.45) is -0.629. The minimum absolute atomic E-state index is 0.106. The molecule has 0 fully saturated rings. The van der Waals surface area contributed by atoms with E-state index in [0.717, 1.165) is 0 Å². The van der Waals surface area contributed by atoms with Crippen molar-refractivity contribution < 1.29 is 14.3 Å². The lowest BCUT2D eigenvalue weighted by Crippen LogP contribution is -2.38. The van der Waals surface area contributed by atoms with Crippen molar-refractivity contribution in [1.82, 2.24) is 5.32 Å². The Bertz CT molecular complexity index is 160. The van der Waals surface area contributed by atoms with Gasteiger partial charge in [0.25, 0.3) is 0 Å². The van der Waals surface area contributed by atoms with Gasteiger partial charge in [0.2, 0.25) is 0 Å². The molecule has 0 aliphatic carbocycles. The number of alkyl halides is 1. The van der Waals surface area contributed by atoms with Crippen LogP contribution in [-0.2, 0) is 9.53 Å². The molecule has 4 nitrogen and oxygen atoms in total. The normalized spacial score (nSPS) is 11.9. The second kappa shape index (κ2) is 4.96. The van der Waals surface area contributed by atoms with Crippen LogP contribution in [0.3, 0.4) is 0 Å². The monoisotopic (exact) mass is 179 g/mol. The Hall–Kier alpha value is -0.770. The zero-order valence-corrected chi connectivity index (χ0v) is 7.14. The summed E-state index contributed by atoms with van der Waals surface area (Å²) in [5, 5.41) is 2.29. The molecule has 0 aromatic carbocycles. The molecule has 0 aromatic rings. The van der Waals surface area contributed by atoms with Crippen LogP contribution < -0.4 is 5.32 Å². The molecule has 64 valence electrons. The van der Waals surface area contributed by atoms with Crippen LogP contribution in [0.5, 0.6) is 0 Å². The van der Waals surface area contributed by atoms with Gasteiger partial charge in [-0.25, -0.2) is 4.79 Å². The molecular weight excluding hydrogens is 170 g/mol. The van der Waals surface area contributed by atoms with Crippen LogP contribution in [0.15, 0.2) is 0 Å². The molecule has 1 N–H and O–H groups in total. The van der Waals surface area contributed by atoms with E-state index in [1.54, 1.807) is 6.92 Å². The SMILES string of the molecule is COC(=O)NC(C)C(=O)CCl. The molecule has 1 amide bonds. The molecule has 1 atom stereocenters. The van der Waals surface area contributed by atoms with Gasteiger partial charge in [0.1, 0.15) is 0 Å². The predicted molar refractivity (Wildman–Crippen MR) is 40.7 cm³/mol. The van der Waals surface area contributed by atoms with Gasteiger partial charge in [-0.2, -0.15) is 0 Å². The summed E-state index contributed by atoms with van der Waals surface area (Å²) in [4.78, 5) is 21.3. The third-order valence-electron chi connectivity index (χ3n) is 1.13. The van der Waals surface area contributed by atoms with E-state index < -0.39 is 12.1 Å². The van der Waals surface area contributed by atoms with Crippen molar-refractivity contribution >= 4 is 23.5 Å². The van der Waals surface area contributed by atoms with Crippen molar-refractivity contribution in [2.24, 2.45) is 0 Å². The molecule has 0 aliphatic rings. The van der Waals surface area contributed by atoms with Crippen LogP contribution >= 0.6 is 11.6 Å². The van der Waals surface area contributed by atoms with Crippen LogP contribution in [0.25, 0.3) is 0 Å². The van der Waals surface area contributed by atoms with E-state index in [-0.39, 0.29) is 11.7 Å². The van der Waals surface area contributed by atoms with Gasteiger partial charge in [0.05, 0.1) is 19.0 Å². The van der Waals surface area contributed by atoms with E-state index in [1.165, 1.54) is 7.11 Å². The van der Waals surface area contributed by atoms with Gasteiger partial charge in [-0.1, -0.05) is 0 Å². The molecule has 0 heterocycles. The van der Waals surface area contributed by atoms with E-state index in [2.05, 4.69) is 10.1 Å². The van der Waals surface area contributed by atoms with E-state index in [1.807, 2.05) is 0 Å². The van der Waals surface area contributed by atoms with Gasteiger partial charge >= 0.3 is 6.09 Å². The van der Waals surface area contributed by atoms with Gasteiger partial charge in [-0.3, -0.25) is 4.79 Å². The summed E-state index contributed by atoms with van der Waals surface area (Å²) >= 11 is 5.23. The fraction of sp³-hybridized carbons (Fsp3) is 0.667. The maximum Gasteiger partial charge on any atom is 0.407 e. The average Bonchev–Trinajstić information content (AvgIpc) is 2.02. The first-order valence-electron chi connectivity index (χ1n) is 3.05. The van der Waals surface area contributed by atoms with Gasteiger partial charge in [0, 0.05) is 0 Å². The Kier molecular flexibility index (Phi) is 4.61. The number of alkyl carbamates (subject to hydrolysis) is 1. The molecule has 0 bridgehead atoms. The van der Waals surface area contributed by atoms with Gasteiger partial charge in [-0.05, 0) is 6.92 Å². The molecular formula is C6H10ClNO3. The van der Waals surface area contributed by atoms with Crippen molar-refractivity contribution in [3.8, 4) is 0 Å². The summed E-state index contributed by atoms with van der Waals surface area (Å²) in [6.45, 7) is 1.54. The van der Waals surface area contributed by atoms with Crippen molar-refractivity contribution in [3.63, 3.8) is 0 Å². The lowest BCUT2D eigenvalue weighted by molar-refractivity contribution is -0.118. The third-order valence-corrected chi connectivity index (χ3v) is 1.40. The second-order valence-corrected chi connectivity index (χ2v) is 2.22. The lowest BCUT2D eigenvalue weighted by atomic mass is 10.2. The lowest BCUT2D eigenvalue weighted by Gasteiger charge is -2.08. The van der Waals surface area contributed by atoms with Gasteiger partial charge < -0.3 is 10.1 Å². The number of halogens is 1. The van der Waals surface area contributed by atoms with Crippen molar-refractivity contribution in [1.29, 1.82) is 0 Å². The summed E-state index contributed by atoms with van der Waals surface area (Å²) in [5.74, 6) is -0.345. The van der Waals surface area contributed by atoms with Crippen molar-refractivity contribution in [2.45, 2.75) is 13.0 Å². The molecule has 0 spiro atoms. The van der Waals surface area contributed by atoms with Crippen LogP contribution in [0.2, 0.25) is 0 Å². The Labute approximate surface area is 69.9 Å². The zero-order valence-electron chi connectivity index (χ0n) is 6.39. The number of carbonyl (C=O) groups excluding carboxylic acids is 2.